The van der Waals surface area contributed by atoms with E-state index in [9.17, 15) is 4.79 Å². The summed E-state index contributed by atoms with van der Waals surface area (Å²) in [6.45, 7) is 0. The fourth-order valence-corrected chi connectivity index (χ4v) is 7.31. The van der Waals surface area contributed by atoms with Crippen molar-refractivity contribution in [2.75, 3.05) is 4.90 Å². The van der Waals surface area contributed by atoms with E-state index < -0.39 is 5.85 Å². The molecule has 1 aromatic heterocycles. The minimum absolute atomic E-state index is 0.100. The van der Waals surface area contributed by atoms with Crippen molar-refractivity contribution in [3.8, 4) is 5.75 Å². The molecule has 7 rings (SSSR count). The van der Waals surface area contributed by atoms with E-state index in [1.807, 2.05) is 77.1 Å². The number of thiophene rings is 1. The highest BCUT2D eigenvalue weighted by atomic mass is 79.9. The first-order valence-corrected chi connectivity index (χ1v) is 14.4. The lowest BCUT2D eigenvalue weighted by molar-refractivity contribution is -0.0763. The third-order valence-electron chi connectivity index (χ3n) is 6.75. The van der Waals surface area contributed by atoms with Gasteiger partial charge < -0.3 is 4.74 Å². The zero-order chi connectivity index (χ0) is 25.0. The van der Waals surface area contributed by atoms with Crippen LogP contribution in [0.25, 0.3) is 6.08 Å². The van der Waals surface area contributed by atoms with E-state index in [-0.39, 0.29) is 11.3 Å². The molecule has 4 aromatic rings. The quantitative estimate of drug-likeness (QED) is 0.243. The SMILES string of the molecule is O=C1S/C(=C\c2cccs2)C2(Oc3ccc(Br)cc3C3CC(c4ccccc4)=NN32)N1c1ccccc1. The Kier molecular flexibility index (Phi) is 5.49. The number of hydrogen-bond acceptors (Lipinski definition) is 6. The molecule has 37 heavy (non-hydrogen) atoms. The number of thioether (sulfide) groups is 1. The lowest BCUT2D eigenvalue weighted by Crippen LogP contribution is -2.63. The number of para-hydroxylation sites is 1. The number of hydrogen-bond donors (Lipinski definition) is 0. The first-order valence-electron chi connectivity index (χ1n) is 11.9. The number of nitrogens with zero attached hydrogens (tertiary/aromatic N) is 3. The van der Waals surface area contributed by atoms with Gasteiger partial charge >= 0.3 is 5.85 Å². The number of rotatable bonds is 3. The summed E-state index contributed by atoms with van der Waals surface area (Å²) in [5.41, 5.74) is 3.84. The number of halogens is 1. The number of carbonyl (C=O) groups is 1. The molecule has 5 nitrogen and oxygen atoms in total. The Morgan fingerprint density at radius 3 is 2.54 bits per heavy atom. The maximum absolute atomic E-state index is 13.8. The highest BCUT2D eigenvalue weighted by Crippen LogP contribution is 2.57. The van der Waals surface area contributed by atoms with Gasteiger partial charge in [0.1, 0.15) is 5.75 Å². The average molecular weight is 587 g/mol. The van der Waals surface area contributed by atoms with Crippen LogP contribution in [0.2, 0.25) is 0 Å². The number of anilines is 1. The molecule has 0 radical (unpaired) electrons. The van der Waals surface area contributed by atoms with Gasteiger partial charge in [-0.05, 0) is 65.2 Å². The minimum Gasteiger partial charge on any atom is -0.443 e. The second-order valence-electron chi connectivity index (χ2n) is 8.93. The molecule has 0 aliphatic carbocycles. The molecule has 2 unspecified atom stereocenters. The second-order valence-corrected chi connectivity index (χ2v) is 11.8. The van der Waals surface area contributed by atoms with Crippen molar-refractivity contribution < 1.29 is 9.53 Å². The first kappa shape index (κ1) is 22.8. The Morgan fingerprint density at radius 2 is 1.78 bits per heavy atom. The van der Waals surface area contributed by atoms with Crippen molar-refractivity contribution in [1.29, 1.82) is 0 Å². The third kappa shape index (κ3) is 3.66. The number of fused-ring (bicyclic) bond motifs is 4. The molecular formula is C29H20BrN3O2S2. The number of amides is 1. The van der Waals surface area contributed by atoms with Crippen LogP contribution in [0.1, 0.15) is 28.5 Å². The van der Waals surface area contributed by atoms with Gasteiger partial charge in [-0.15, -0.1) is 11.3 Å². The summed E-state index contributed by atoms with van der Waals surface area (Å²) in [5, 5.41) is 9.14. The smallest absolute Gasteiger partial charge is 0.321 e. The summed E-state index contributed by atoms with van der Waals surface area (Å²) in [6, 6.07) is 30.0. The first-order chi connectivity index (χ1) is 18.1. The molecule has 0 bridgehead atoms. The fourth-order valence-electron chi connectivity index (χ4n) is 5.14. The van der Waals surface area contributed by atoms with Crippen LogP contribution in [0.4, 0.5) is 10.5 Å². The molecule has 1 fully saturated rings. The molecule has 4 heterocycles. The van der Waals surface area contributed by atoms with Crippen LogP contribution < -0.4 is 9.64 Å². The van der Waals surface area contributed by atoms with Gasteiger partial charge in [0.05, 0.1) is 22.3 Å². The van der Waals surface area contributed by atoms with Crippen molar-refractivity contribution in [3.05, 3.63) is 122 Å². The third-order valence-corrected chi connectivity index (χ3v) is 9.02. The molecule has 3 aliphatic heterocycles. The van der Waals surface area contributed by atoms with E-state index in [1.54, 1.807) is 16.2 Å². The maximum atomic E-state index is 13.8. The largest absolute Gasteiger partial charge is 0.443 e. The minimum atomic E-state index is -1.25. The molecule has 0 N–H and O–H groups in total. The predicted octanol–water partition coefficient (Wildman–Crippen LogP) is 8.12. The molecule has 1 saturated heterocycles. The number of hydrazone groups is 1. The summed E-state index contributed by atoms with van der Waals surface area (Å²) in [7, 11) is 0. The number of benzene rings is 3. The van der Waals surface area contributed by atoms with Gasteiger partial charge in [-0.2, -0.15) is 5.10 Å². The van der Waals surface area contributed by atoms with E-state index in [4.69, 9.17) is 9.84 Å². The molecular weight excluding hydrogens is 566 g/mol. The molecule has 0 saturated carbocycles. The van der Waals surface area contributed by atoms with Crippen LogP contribution in [-0.4, -0.2) is 21.8 Å². The van der Waals surface area contributed by atoms with E-state index in [1.165, 1.54) is 11.8 Å². The van der Waals surface area contributed by atoms with Gasteiger partial charge in [-0.3, -0.25) is 4.79 Å². The maximum Gasteiger partial charge on any atom is 0.321 e. The number of ether oxygens (including phenoxy) is 1. The van der Waals surface area contributed by atoms with Gasteiger partial charge in [0.25, 0.3) is 5.24 Å². The highest BCUT2D eigenvalue weighted by molar-refractivity contribution is 9.10. The van der Waals surface area contributed by atoms with E-state index in [0.29, 0.717) is 6.42 Å². The Bertz CT molecular complexity index is 1560. The summed E-state index contributed by atoms with van der Waals surface area (Å²) >= 11 is 6.48. The molecule has 2 atom stereocenters. The van der Waals surface area contributed by atoms with Crippen LogP contribution >= 0.6 is 39.0 Å². The zero-order valence-electron chi connectivity index (χ0n) is 19.5. The lowest BCUT2D eigenvalue weighted by Gasteiger charge is -2.49. The van der Waals surface area contributed by atoms with E-state index >= 15 is 0 Å². The van der Waals surface area contributed by atoms with Crippen molar-refractivity contribution in [1.82, 2.24) is 5.01 Å². The average Bonchev–Trinajstić information content (AvgIpc) is 3.66. The molecule has 1 spiro atoms. The molecule has 8 heteroatoms. The Morgan fingerprint density at radius 1 is 1.00 bits per heavy atom. The van der Waals surface area contributed by atoms with Crippen molar-refractivity contribution in [2.24, 2.45) is 5.10 Å². The molecule has 1 amide bonds. The van der Waals surface area contributed by atoms with Gasteiger partial charge in [0, 0.05) is 21.3 Å². The molecule has 3 aliphatic rings. The fraction of sp³-hybridized carbons (Fsp3) is 0.103. The summed E-state index contributed by atoms with van der Waals surface area (Å²) < 4.78 is 7.93. The van der Waals surface area contributed by atoms with Crippen molar-refractivity contribution in [3.63, 3.8) is 0 Å². The Balaban J connectivity index is 1.49. The summed E-state index contributed by atoms with van der Waals surface area (Å²) in [5.74, 6) is -0.503. The van der Waals surface area contributed by atoms with Crippen LogP contribution in [-0.2, 0) is 0 Å². The topological polar surface area (TPSA) is 45.1 Å². The Hall–Kier alpha value is -3.33. The summed E-state index contributed by atoms with van der Waals surface area (Å²) in [6.07, 6.45) is 2.76. The molecule has 3 aromatic carbocycles. The van der Waals surface area contributed by atoms with E-state index in [0.717, 1.165) is 42.5 Å². The zero-order valence-corrected chi connectivity index (χ0v) is 22.7. The van der Waals surface area contributed by atoms with Gasteiger partial charge in [-0.25, -0.2) is 9.91 Å². The summed E-state index contributed by atoms with van der Waals surface area (Å²) in [4.78, 5) is 17.4. The monoisotopic (exact) mass is 585 g/mol. The molecule has 182 valence electrons. The van der Waals surface area contributed by atoms with E-state index in [2.05, 4.69) is 46.3 Å². The second kappa shape index (κ2) is 8.90. The van der Waals surface area contributed by atoms with Crippen molar-refractivity contribution >= 4 is 61.7 Å². The highest BCUT2D eigenvalue weighted by Gasteiger charge is 2.63. The van der Waals surface area contributed by atoms with Gasteiger partial charge in [0.15, 0.2) is 0 Å². The van der Waals surface area contributed by atoms with Gasteiger partial charge in [0.2, 0.25) is 0 Å². The van der Waals surface area contributed by atoms with Crippen LogP contribution in [0, 0.1) is 0 Å². The van der Waals surface area contributed by atoms with Crippen LogP contribution in [0.15, 0.2) is 111 Å². The van der Waals surface area contributed by atoms with Crippen LogP contribution in [0.5, 0.6) is 5.75 Å². The standard InChI is InChI=1S/C29H20BrN3O2S2/c30-20-13-14-26-23(16-20)25-18-24(19-8-3-1-4-9-19)31-33(25)29(35-26)27(17-22-12-7-15-36-22)37-28(34)32(29)21-10-5-2-6-11-21/h1-17,25H,18H2/b27-17-. The van der Waals surface area contributed by atoms with Gasteiger partial charge in [-0.1, -0.05) is 70.5 Å². The normalized spacial score (nSPS) is 23.3. The van der Waals surface area contributed by atoms with Crippen LogP contribution in [0.3, 0.4) is 0 Å². The van der Waals surface area contributed by atoms with Crippen molar-refractivity contribution in [2.45, 2.75) is 18.3 Å². The Labute approximate surface area is 231 Å². The number of carbonyl (C=O) groups excluding carboxylic acids is 1. The predicted molar refractivity (Wildman–Crippen MR) is 154 cm³/mol. The lowest BCUT2D eigenvalue weighted by atomic mass is 9.95.